The summed E-state index contributed by atoms with van der Waals surface area (Å²) in [6.07, 6.45) is 2.49. The van der Waals surface area contributed by atoms with Gasteiger partial charge in [0.05, 0.1) is 0 Å². The Balaban J connectivity index is 2.25. The molecule has 0 aliphatic carbocycles. The molecule has 1 rings (SSSR count). The van der Waals surface area contributed by atoms with Gasteiger partial charge in [0.25, 0.3) is 0 Å². The minimum Gasteiger partial charge on any atom is -0.396 e. The number of aliphatic hydroxyl groups is 1. The lowest BCUT2D eigenvalue weighted by atomic mass is 9.97. The second-order valence-corrected chi connectivity index (χ2v) is 3.95. The second-order valence-electron chi connectivity index (χ2n) is 3.95. The summed E-state index contributed by atoms with van der Waals surface area (Å²) in [7, 11) is 0. The van der Waals surface area contributed by atoms with Crippen LogP contribution in [0.15, 0.2) is 0 Å². The van der Waals surface area contributed by atoms with E-state index in [2.05, 4.69) is 10.6 Å². The van der Waals surface area contributed by atoms with Crippen LogP contribution in [0.3, 0.4) is 0 Å². The smallest absolute Gasteiger partial charge is 0.223 e. The van der Waals surface area contributed by atoms with Gasteiger partial charge in [-0.15, -0.1) is 0 Å². The normalized spacial score (nSPS) is 20.4. The average molecular weight is 200 g/mol. The van der Waals surface area contributed by atoms with Gasteiger partial charge in [-0.3, -0.25) is 4.79 Å². The molecule has 1 heterocycles. The van der Waals surface area contributed by atoms with E-state index in [1.165, 1.54) is 0 Å². The molecule has 0 saturated carbocycles. The molecule has 0 bridgehead atoms. The van der Waals surface area contributed by atoms with Crippen molar-refractivity contribution in [2.24, 2.45) is 5.92 Å². The van der Waals surface area contributed by atoms with Crippen molar-refractivity contribution in [2.75, 3.05) is 19.7 Å². The largest absolute Gasteiger partial charge is 0.396 e. The molecule has 82 valence electrons. The van der Waals surface area contributed by atoms with Crippen molar-refractivity contribution in [2.45, 2.75) is 32.2 Å². The number of hydrogen-bond acceptors (Lipinski definition) is 3. The molecule has 1 aliphatic rings. The molecule has 1 saturated heterocycles. The van der Waals surface area contributed by atoms with E-state index in [1.54, 1.807) is 0 Å². The number of aliphatic hydroxyl groups excluding tert-OH is 1. The molecule has 1 atom stereocenters. The number of carbonyl (C=O) groups excluding carboxylic acids is 1. The third-order valence-electron chi connectivity index (χ3n) is 2.66. The number of carbonyl (C=O) groups is 1. The average Bonchev–Trinajstić information content (AvgIpc) is 2.19. The third-order valence-corrected chi connectivity index (χ3v) is 2.66. The van der Waals surface area contributed by atoms with Crippen molar-refractivity contribution in [1.29, 1.82) is 0 Å². The first-order chi connectivity index (χ1) is 6.74. The molecule has 0 spiro atoms. The molecular weight excluding hydrogens is 180 g/mol. The summed E-state index contributed by atoms with van der Waals surface area (Å²) < 4.78 is 0. The molecule has 0 radical (unpaired) electrons. The zero-order valence-electron chi connectivity index (χ0n) is 8.75. The number of amides is 1. The highest BCUT2D eigenvalue weighted by Gasteiger charge is 2.21. The Morgan fingerprint density at radius 2 is 2.21 bits per heavy atom. The first kappa shape index (κ1) is 11.5. The maximum atomic E-state index is 11.7. The van der Waals surface area contributed by atoms with E-state index in [0.29, 0.717) is 6.42 Å². The Hall–Kier alpha value is -0.610. The van der Waals surface area contributed by atoms with Gasteiger partial charge in [0.2, 0.25) is 5.91 Å². The van der Waals surface area contributed by atoms with Crippen LogP contribution in [0.25, 0.3) is 0 Å². The van der Waals surface area contributed by atoms with Gasteiger partial charge in [-0.1, -0.05) is 0 Å². The second kappa shape index (κ2) is 5.98. The fourth-order valence-electron chi connectivity index (χ4n) is 1.71. The first-order valence-electron chi connectivity index (χ1n) is 5.36. The molecule has 1 fully saturated rings. The molecular formula is C10H20N2O2. The highest BCUT2D eigenvalue weighted by molar-refractivity contribution is 5.79. The molecule has 14 heavy (non-hydrogen) atoms. The standard InChI is InChI=1S/C10H20N2O2/c1-8(4-7-13)12-10(14)9-2-5-11-6-3-9/h8-9,11,13H,2-7H2,1H3,(H,12,14). The summed E-state index contributed by atoms with van der Waals surface area (Å²) in [6, 6.07) is 0.0855. The van der Waals surface area contributed by atoms with Gasteiger partial charge in [0, 0.05) is 18.6 Å². The predicted molar refractivity (Wildman–Crippen MR) is 54.9 cm³/mol. The van der Waals surface area contributed by atoms with Gasteiger partial charge in [-0.05, 0) is 39.3 Å². The molecule has 0 aromatic heterocycles. The van der Waals surface area contributed by atoms with Gasteiger partial charge in [-0.25, -0.2) is 0 Å². The highest BCUT2D eigenvalue weighted by Crippen LogP contribution is 2.11. The van der Waals surface area contributed by atoms with Crippen LogP contribution in [-0.2, 0) is 4.79 Å². The SMILES string of the molecule is CC(CCO)NC(=O)C1CCNCC1. The van der Waals surface area contributed by atoms with Crippen molar-refractivity contribution < 1.29 is 9.90 Å². The molecule has 1 amide bonds. The van der Waals surface area contributed by atoms with Crippen molar-refractivity contribution in [3.8, 4) is 0 Å². The van der Waals surface area contributed by atoms with E-state index in [1.807, 2.05) is 6.92 Å². The van der Waals surface area contributed by atoms with E-state index >= 15 is 0 Å². The van der Waals surface area contributed by atoms with E-state index in [9.17, 15) is 4.79 Å². The molecule has 4 heteroatoms. The number of hydrogen-bond donors (Lipinski definition) is 3. The monoisotopic (exact) mass is 200 g/mol. The third kappa shape index (κ3) is 3.64. The summed E-state index contributed by atoms with van der Waals surface area (Å²) in [4.78, 5) is 11.7. The van der Waals surface area contributed by atoms with Crippen LogP contribution < -0.4 is 10.6 Å². The van der Waals surface area contributed by atoms with Crippen LogP contribution in [0.5, 0.6) is 0 Å². The zero-order chi connectivity index (χ0) is 10.4. The molecule has 0 aromatic rings. The van der Waals surface area contributed by atoms with Crippen molar-refractivity contribution >= 4 is 5.91 Å². The molecule has 3 N–H and O–H groups in total. The van der Waals surface area contributed by atoms with Crippen LogP contribution in [0.4, 0.5) is 0 Å². The minimum atomic E-state index is 0.0855. The van der Waals surface area contributed by atoms with Crippen LogP contribution in [0.2, 0.25) is 0 Å². The van der Waals surface area contributed by atoms with E-state index < -0.39 is 0 Å². The Morgan fingerprint density at radius 3 is 2.79 bits per heavy atom. The number of rotatable bonds is 4. The Bertz CT molecular complexity index is 179. The molecule has 0 aromatic carbocycles. The fourth-order valence-corrected chi connectivity index (χ4v) is 1.71. The maximum Gasteiger partial charge on any atom is 0.223 e. The summed E-state index contributed by atoms with van der Waals surface area (Å²) in [5.41, 5.74) is 0. The van der Waals surface area contributed by atoms with E-state index in [4.69, 9.17) is 5.11 Å². The zero-order valence-corrected chi connectivity index (χ0v) is 8.75. The molecule has 1 unspecified atom stereocenters. The number of nitrogens with one attached hydrogen (secondary N) is 2. The van der Waals surface area contributed by atoms with Gasteiger partial charge in [0.15, 0.2) is 0 Å². The lowest BCUT2D eigenvalue weighted by Gasteiger charge is -2.23. The topological polar surface area (TPSA) is 61.4 Å². The van der Waals surface area contributed by atoms with E-state index in [-0.39, 0.29) is 24.5 Å². The first-order valence-corrected chi connectivity index (χ1v) is 5.36. The van der Waals surface area contributed by atoms with Crippen LogP contribution in [-0.4, -0.2) is 36.8 Å². The van der Waals surface area contributed by atoms with Crippen molar-refractivity contribution in [3.05, 3.63) is 0 Å². The summed E-state index contributed by atoms with van der Waals surface area (Å²) in [5, 5.41) is 14.9. The Morgan fingerprint density at radius 1 is 1.57 bits per heavy atom. The fraction of sp³-hybridized carbons (Fsp3) is 0.900. The van der Waals surface area contributed by atoms with Crippen molar-refractivity contribution in [1.82, 2.24) is 10.6 Å². The van der Waals surface area contributed by atoms with Crippen LogP contribution >= 0.6 is 0 Å². The van der Waals surface area contributed by atoms with Crippen LogP contribution in [0.1, 0.15) is 26.2 Å². The highest BCUT2D eigenvalue weighted by atomic mass is 16.3. The lowest BCUT2D eigenvalue weighted by Crippen LogP contribution is -2.41. The summed E-state index contributed by atoms with van der Waals surface area (Å²) in [5.74, 6) is 0.310. The van der Waals surface area contributed by atoms with Gasteiger partial charge < -0.3 is 15.7 Å². The maximum absolute atomic E-state index is 11.7. The summed E-state index contributed by atoms with van der Waals surface area (Å²) >= 11 is 0. The van der Waals surface area contributed by atoms with Crippen molar-refractivity contribution in [3.63, 3.8) is 0 Å². The Labute approximate surface area is 85.1 Å². The quantitative estimate of drug-likeness (QED) is 0.592. The van der Waals surface area contributed by atoms with Crippen LogP contribution in [0, 0.1) is 5.92 Å². The van der Waals surface area contributed by atoms with Gasteiger partial charge in [0.1, 0.15) is 0 Å². The Kier molecular flexibility index (Phi) is 4.90. The van der Waals surface area contributed by atoms with Gasteiger partial charge >= 0.3 is 0 Å². The minimum absolute atomic E-state index is 0.0855. The van der Waals surface area contributed by atoms with Gasteiger partial charge in [-0.2, -0.15) is 0 Å². The molecule has 4 nitrogen and oxygen atoms in total. The lowest BCUT2D eigenvalue weighted by molar-refractivity contribution is -0.126. The predicted octanol–water partition coefficient (Wildman–Crippen LogP) is -0.127. The van der Waals surface area contributed by atoms with E-state index in [0.717, 1.165) is 25.9 Å². The molecule has 1 aliphatic heterocycles. The number of piperidine rings is 1. The summed E-state index contributed by atoms with van der Waals surface area (Å²) in [6.45, 7) is 3.93.